The summed E-state index contributed by atoms with van der Waals surface area (Å²) in [5.74, 6) is -0.666. The second-order valence-electron chi connectivity index (χ2n) is 7.24. The Hall–Kier alpha value is -2.31. The average molecular weight is 469 g/mol. The molecule has 168 valence electrons. The highest BCUT2D eigenvalue weighted by Gasteiger charge is 2.30. The molecule has 0 aliphatic heterocycles. The standard InChI is InChI=1S/C23H27Cl2FN2O3/c1-4-15(3)27-23(30)21(5-2)28(13-16-6-7-17(24)12-20(16)25)22(29)14-31-19-10-8-18(26)9-11-19/h6-12,15,21H,4-5,13-14H2,1-3H3,(H,27,30). The molecule has 2 atom stereocenters. The number of nitrogens with zero attached hydrogens (tertiary/aromatic N) is 1. The Morgan fingerprint density at radius 2 is 1.77 bits per heavy atom. The van der Waals surface area contributed by atoms with Gasteiger partial charge in [0, 0.05) is 22.6 Å². The SMILES string of the molecule is CCC(C)NC(=O)C(CC)N(Cc1ccc(Cl)cc1Cl)C(=O)COc1ccc(F)cc1. The van der Waals surface area contributed by atoms with Crippen LogP contribution in [0.5, 0.6) is 5.75 Å². The van der Waals surface area contributed by atoms with Gasteiger partial charge in [0.05, 0.1) is 0 Å². The van der Waals surface area contributed by atoms with Crippen LogP contribution in [0.4, 0.5) is 4.39 Å². The van der Waals surface area contributed by atoms with Gasteiger partial charge in [-0.25, -0.2) is 4.39 Å². The van der Waals surface area contributed by atoms with Crippen LogP contribution in [0.1, 0.15) is 39.2 Å². The lowest BCUT2D eigenvalue weighted by molar-refractivity contribution is -0.143. The molecule has 8 heteroatoms. The third-order valence-corrected chi connectivity index (χ3v) is 5.51. The Balaban J connectivity index is 2.24. The molecule has 2 rings (SSSR count). The molecule has 0 heterocycles. The summed E-state index contributed by atoms with van der Waals surface area (Å²) in [5, 5.41) is 3.82. The van der Waals surface area contributed by atoms with Crippen LogP contribution in [0.3, 0.4) is 0 Å². The predicted molar refractivity (Wildman–Crippen MR) is 121 cm³/mol. The summed E-state index contributed by atoms with van der Waals surface area (Å²) >= 11 is 12.3. The van der Waals surface area contributed by atoms with Gasteiger partial charge in [0.15, 0.2) is 6.61 Å². The lowest BCUT2D eigenvalue weighted by Gasteiger charge is -2.31. The monoisotopic (exact) mass is 468 g/mol. The quantitative estimate of drug-likeness (QED) is 0.518. The van der Waals surface area contributed by atoms with Gasteiger partial charge in [0.1, 0.15) is 17.6 Å². The molecule has 0 bridgehead atoms. The Morgan fingerprint density at radius 3 is 2.35 bits per heavy atom. The first kappa shape index (κ1) is 25.0. The minimum Gasteiger partial charge on any atom is -0.484 e. The van der Waals surface area contributed by atoms with Crippen molar-refractivity contribution in [3.05, 3.63) is 63.9 Å². The molecule has 0 saturated heterocycles. The van der Waals surface area contributed by atoms with Crippen LogP contribution in [0, 0.1) is 5.82 Å². The summed E-state index contributed by atoms with van der Waals surface area (Å²) in [6, 6.07) is 9.66. The molecule has 0 aliphatic rings. The van der Waals surface area contributed by atoms with Crippen molar-refractivity contribution in [1.29, 1.82) is 0 Å². The molecule has 1 N–H and O–H groups in total. The van der Waals surface area contributed by atoms with Gasteiger partial charge in [0.25, 0.3) is 5.91 Å². The lowest BCUT2D eigenvalue weighted by Crippen LogP contribution is -2.51. The van der Waals surface area contributed by atoms with E-state index in [1.165, 1.54) is 29.2 Å². The summed E-state index contributed by atoms with van der Waals surface area (Å²) in [6.07, 6.45) is 1.18. The molecule has 5 nitrogen and oxygen atoms in total. The van der Waals surface area contributed by atoms with E-state index in [0.29, 0.717) is 27.8 Å². The maximum Gasteiger partial charge on any atom is 0.261 e. The number of halogens is 3. The molecule has 0 fully saturated rings. The van der Waals surface area contributed by atoms with Crippen LogP contribution in [-0.2, 0) is 16.1 Å². The number of hydrogen-bond acceptors (Lipinski definition) is 3. The normalized spacial score (nSPS) is 12.7. The number of benzene rings is 2. The Kier molecular flexibility index (Phi) is 9.59. The van der Waals surface area contributed by atoms with E-state index < -0.39 is 11.9 Å². The van der Waals surface area contributed by atoms with E-state index in [-0.39, 0.29) is 31.0 Å². The molecule has 2 amide bonds. The van der Waals surface area contributed by atoms with Crippen molar-refractivity contribution < 1.29 is 18.7 Å². The second kappa shape index (κ2) is 11.9. The molecule has 0 aliphatic carbocycles. The van der Waals surface area contributed by atoms with Gasteiger partial charge in [-0.3, -0.25) is 9.59 Å². The second-order valence-corrected chi connectivity index (χ2v) is 8.09. The largest absolute Gasteiger partial charge is 0.484 e. The van der Waals surface area contributed by atoms with Gasteiger partial charge in [-0.05, 0) is 61.7 Å². The third-order valence-electron chi connectivity index (χ3n) is 4.92. The van der Waals surface area contributed by atoms with Crippen LogP contribution in [0.25, 0.3) is 0 Å². The van der Waals surface area contributed by atoms with E-state index in [1.807, 2.05) is 20.8 Å². The highest BCUT2D eigenvalue weighted by atomic mass is 35.5. The van der Waals surface area contributed by atoms with Crippen molar-refractivity contribution in [1.82, 2.24) is 10.2 Å². The lowest BCUT2D eigenvalue weighted by atomic mass is 10.1. The van der Waals surface area contributed by atoms with Crippen molar-refractivity contribution in [2.75, 3.05) is 6.61 Å². The fourth-order valence-electron chi connectivity index (χ4n) is 2.95. The topological polar surface area (TPSA) is 58.6 Å². The van der Waals surface area contributed by atoms with Crippen LogP contribution in [-0.4, -0.2) is 35.4 Å². The molecule has 0 spiro atoms. The van der Waals surface area contributed by atoms with Crippen molar-refractivity contribution in [2.24, 2.45) is 0 Å². The predicted octanol–water partition coefficient (Wildman–Crippen LogP) is 5.23. The van der Waals surface area contributed by atoms with Gasteiger partial charge in [-0.15, -0.1) is 0 Å². The zero-order valence-corrected chi connectivity index (χ0v) is 19.3. The van der Waals surface area contributed by atoms with E-state index in [9.17, 15) is 14.0 Å². The van der Waals surface area contributed by atoms with E-state index in [2.05, 4.69) is 5.32 Å². The number of hydrogen-bond donors (Lipinski definition) is 1. The molecule has 2 aromatic carbocycles. The highest BCUT2D eigenvalue weighted by molar-refractivity contribution is 6.35. The van der Waals surface area contributed by atoms with E-state index >= 15 is 0 Å². The molecular formula is C23H27Cl2FN2O3. The number of carbonyl (C=O) groups is 2. The van der Waals surface area contributed by atoms with E-state index in [0.717, 1.165) is 6.42 Å². The van der Waals surface area contributed by atoms with E-state index in [4.69, 9.17) is 27.9 Å². The minimum absolute atomic E-state index is 0.0203. The first-order valence-corrected chi connectivity index (χ1v) is 10.9. The number of carbonyl (C=O) groups excluding carboxylic acids is 2. The number of amides is 2. The number of nitrogens with one attached hydrogen (secondary N) is 1. The Morgan fingerprint density at radius 1 is 1.10 bits per heavy atom. The fraction of sp³-hybridized carbons (Fsp3) is 0.391. The van der Waals surface area contributed by atoms with Gasteiger partial charge in [-0.1, -0.05) is 43.1 Å². The number of rotatable bonds is 10. The molecule has 31 heavy (non-hydrogen) atoms. The fourth-order valence-corrected chi connectivity index (χ4v) is 3.42. The molecule has 0 radical (unpaired) electrons. The average Bonchev–Trinajstić information content (AvgIpc) is 2.74. The summed E-state index contributed by atoms with van der Waals surface area (Å²) in [5.41, 5.74) is 0.663. The zero-order valence-electron chi connectivity index (χ0n) is 17.8. The summed E-state index contributed by atoms with van der Waals surface area (Å²) in [7, 11) is 0. The number of ether oxygens (including phenoxy) is 1. The summed E-state index contributed by atoms with van der Waals surface area (Å²) < 4.78 is 18.6. The molecule has 2 aromatic rings. The van der Waals surface area contributed by atoms with Crippen molar-refractivity contribution in [3.63, 3.8) is 0 Å². The van der Waals surface area contributed by atoms with Crippen molar-refractivity contribution in [2.45, 2.75) is 52.2 Å². The first-order chi connectivity index (χ1) is 14.7. The highest BCUT2D eigenvalue weighted by Crippen LogP contribution is 2.24. The smallest absolute Gasteiger partial charge is 0.261 e. The summed E-state index contributed by atoms with van der Waals surface area (Å²) in [4.78, 5) is 27.4. The van der Waals surface area contributed by atoms with Crippen molar-refractivity contribution in [3.8, 4) is 5.75 Å². The molecular weight excluding hydrogens is 442 g/mol. The molecule has 0 aromatic heterocycles. The maximum atomic E-state index is 13.1. The molecule has 2 unspecified atom stereocenters. The van der Waals surface area contributed by atoms with Gasteiger partial charge in [0.2, 0.25) is 5.91 Å². The van der Waals surface area contributed by atoms with Crippen molar-refractivity contribution >= 4 is 35.0 Å². The molecule has 0 saturated carbocycles. The maximum absolute atomic E-state index is 13.1. The minimum atomic E-state index is -0.704. The van der Waals surface area contributed by atoms with Gasteiger partial charge >= 0.3 is 0 Å². The first-order valence-electron chi connectivity index (χ1n) is 10.2. The van der Waals surface area contributed by atoms with Gasteiger partial charge < -0.3 is 15.0 Å². The van der Waals surface area contributed by atoms with Crippen LogP contribution >= 0.6 is 23.2 Å². The van der Waals surface area contributed by atoms with Crippen LogP contribution < -0.4 is 10.1 Å². The van der Waals surface area contributed by atoms with Crippen LogP contribution in [0.15, 0.2) is 42.5 Å². The van der Waals surface area contributed by atoms with E-state index in [1.54, 1.807) is 18.2 Å². The summed E-state index contributed by atoms with van der Waals surface area (Å²) in [6.45, 7) is 5.53. The van der Waals surface area contributed by atoms with Crippen LogP contribution in [0.2, 0.25) is 10.0 Å². The zero-order chi connectivity index (χ0) is 23.0. The Bertz CT molecular complexity index is 893. The third kappa shape index (κ3) is 7.40. The van der Waals surface area contributed by atoms with Gasteiger partial charge in [-0.2, -0.15) is 0 Å². The Labute approximate surface area is 192 Å².